The van der Waals surface area contributed by atoms with E-state index >= 15 is 0 Å². The number of hydrogen-bond acceptors (Lipinski definition) is 4. The van der Waals surface area contributed by atoms with Crippen LogP contribution in [0.25, 0.3) is 0 Å². The van der Waals surface area contributed by atoms with Crippen molar-refractivity contribution in [1.82, 2.24) is 0 Å². The van der Waals surface area contributed by atoms with Gasteiger partial charge in [0.05, 0.1) is 0 Å². The Labute approximate surface area is 93.0 Å². The lowest BCUT2D eigenvalue weighted by molar-refractivity contribution is -0.132. The average Bonchev–Trinajstić information content (AvgIpc) is 2.52. The Morgan fingerprint density at radius 3 is 2.94 bits per heavy atom. The maximum absolute atomic E-state index is 11.7. The van der Waals surface area contributed by atoms with Crippen molar-refractivity contribution in [3.8, 4) is 0 Å². The molecular formula is C11H13N3O2. The Morgan fingerprint density at radius 1 is 1.56 bits per heavy atom. The number of carbonyl (C=O) groups excluding carboxylic acids is 1. The summed E-state index contributed by atoms with van der Waals surface area (Å²) in [6.07, 6.45) is 0.104. The molecule has 1 amide bonds. The van der Waals surface area contributed by atoms with Crippen LogP contribution in [0.4, 0.5) is 5.69 Å². The molecule has 4 N–H and O–H groups in total. The van der Waals surface area contributed by atoms with Crippen LogP contribution in [0.2, 0.25) is 0 Å². The molecule has 0 aromatic heterocycles. The molecule has 0 saturated carbocycles. The van der Waals surface area contributed by atoms with E-state index in [0.717, 1.165) is 0 Å². The van der Waals surface area contributed by atoms with Gasteiger partial charge in [0.2, 0.25) is 0 Å². The van der Waals surface area contributed by atoms with E-state index in [-0.39, 0.29) is 6.42 Å². The van der Waals surface area contributed by atoms with Crippen LogP contribution < -0.4 is 11.2 Å². The van der Waals surface area contributed by atoms with Crippen molar-refractivity contribution in [2.45, 2.75) is 18.9 Å². The third-order valence-electron chi connectivity index (χ3n) is 2.73. The quantitative estimate of drug-likeness (QED) is 0.385. The lowest BCUT2D eigenvalue weighted by atomic mass is 9.90. The minimum Gasteiger partial charge on any atom is -0.375 e. The minimum atomic E-state index is -1.55. The summed E-state index contributed by atoms with van der Waals surface area (Å²) in [6.45, 7) is 1.67. The largest absolute Gasteiger partial charge is 0.375 e. The predicted molar refractivity (Wildman–Crippen MR) is 60.9 cm³/mol. The molecular weight excluding hydrogens is 206 g/mol. The molecule has 2 rings (SSSR count). The molecule has 0 saturated heterocycles. The number of nitrogens with one attached hydrogen (secondary N) is 1. The van der Waals surface area contributed by atoms with Gasteiger partial charge in [-0.3, -0.25) is 4.79 Å². The lowest BCUT2D eigenvalue weighted by Gasteiger charge is -2.20. The van der Waals surface area contributed by atoms with Crippen molar-refractivity contribution in [1.29, 1.82) is 0 Å². The fourth-order valence-corrected chi connectivity index (χ4v) is 1.89. The Hall–Kier alpha value is -1.88. The normalized spacial score (nSPS) is 24.1. The molecule has 1 aromatic rings. The van der Waals surface area contributed by atoms with Gasteiger partial charge in [-0.1, -0.05) is 18.2 Å². The number of aliphatic hydroxyl groups is 1. The van der Waals surface area contributed by atoms with E-state index in [0.29, 0.717) is 17.0 Å². The first-order chi connectivity index (χ1) is 7.58. The number of hydrogen-bond donors (Lipinski definition) is 3. The van der Waals surface area contributed by atoms with Gasteiger partial charge in [-0.25, -0.2) is 0 Å². The summed E-state index contributed by atoms with van der Waals surface area (Å²) in [4.78, 5) is 11.7. The smallest absolute Gasteiger partial charge is 0.261 e. The van der Waals surface area contributed by atoms with Gasteiger partial charge in [-0.2, -0.15) is 5.10 Å². The molecule has 84 valence electrons. The van der Waals surface area contributed by atoms with Crippen LogP contribution in [0.3, 0.4) is 0 Å². The summed E-state index contributed by atoms with van der Waals surface area (Å²) in [5, 5.41) is 16.5. The highest BCUT2D eigenvalue weighted by Gasteiger charge is 2.45. The highest BCUT2D eigenvalue weighted by Crippen LogP contribution is 2.38. The maximum Gasteiger partial charge on any atom is 0.261 e. The highest BCUT2D eigenvalue weighted by atomic mass is 16.3. The summed E-state index contributed by atoms with van der Waals surface area (Å²) in [7, 11) is 0. The molecule has 0 bridgehead atoms. The van der Waals surface area contributed by atoms with E-state index in [2.05, 4.69) is 10.4 Å². The molecule has 0 unspecified atom stereocenters. The number of carbonyl (C=O) groups is 1. The van der Waals surface area contributed by atoms with Crippen LogP contribution in [0.1, 0.15) is 18.9 Å². The number of nitrogens with two attached hydrogens (primary N) is 1. The SMILES string of the molecule is CC(C[C@]1(O)C(=O)Nc2ccccc21)=NN. The summed E-state index contributed by atoms with van der Waals surface area (Å²) >= 11 is 0. The van der Waals surface area contributed by atoms with Crippen LogP contribution in [-0.4, -0.2) is 16.7 Å². The number of hydrazone groups is 1. The summed E-state index contributed by atoms with van der Waals surface area (Å²) in [5.41, 5.74) is 0.181. The molecule has 0 spiro atoms. The van der Waals surface area contributed by atoms with Crippen molar-refractivity contribution in [3.05, 3.63) is 29.8 Å². The molecule has 1 aliphatic heterocycles. The molecule has 1 aliphatic rings. The number of benzene rings is 1. The second kappa shape index (κ2) is 3.61. The van der Waals surface area contributed by atoms with Crippen LogP contribution in [0.15, 0.2) is 29.4 Å². The van der Waals surface area contributed by atoms with Crippen molar-refractivity contribution < 1.29 is 9.90 Å². The molecule has 0 fully saturated rings. The number of fused-ring (bicyclic) bond motifs is 1. The molecule has 1 atom stereocenters. The first kappa shape index (κ1) is 10.6. The maximum atomic E-state index is 11.7. The van der Waals surface area contributed by atoms with Crippen molar-refractivity contribution in [2.75, 3.05) is 5.32 Å². The number of nitrogens with zero attached hydrogens (tertiary/aromatic N) is 1. The Morgan fingerprint density at radius 2 is 2.25 bits per heavy atom. The van der Waals surface area contributed by atoms with E-state index in [9.17, 15) is 9.90 Å². The zero-order valence-corrected chi connectivity index (χ0v) is 8.90. The third kappa shape index (κ3) is 1.45. The van der Waals surface area contributed by atoms with E-state index in [1.54, 1.807) is 31.2 Å². The number of anilines is 1. The van der Waals surface area contributed by atoms with Gasteiger partial charge < -0.3 is 16.3 Å². The number of amides is 1. The van der Waals surface area contributed by atoms with Crippen molar-refractivity contribution >= 4 is 17.3 Å². The fourth-order valence-electron chi connectivity index (χ4n) is 1.89. The first-order valence-corrected chi connectivity index (χ1v) is 4.94. The summed E-state index contributed by atoms with van der Waals surface area (Å²) in [6, 6.07) is 7.05. The van der Waals surface area contributed by atoms with Gasteiger partial charge >= 0.3 is 0 Å². The molecule has 0 aliphatic carbocycles. The average molecular weight is 219 g/mol. The second-order valence-corrected chi connectivity index (χ2v) is 3.90. The van der Waals surface area contributed by atoms with Gasteiger partial charge in [0, 0.05) is 23.4 Å². The standard InChI is InChI=1S/C11H13N3O2/c1-7(14-12)6-11(16)8-4-2-3-5-9(8)13-10(11)15/h2-5,16H,6,12H2,1H3,(H,13,15)/t11-/m1/s1. The number of para-hydroxylation sites is 1. The van der Waals surface area contributed by atoms with Crippen LogP contribution in [0.5, 0.6) is 0 Å². The van der Waals surface area contributed by atoms with Gasteiger partial charge in [-0.05, 0) is 13.0 Å². The van der Waals surface area contributed by atoms with Crippen molar-refractivity contribution in [3.63, 3.8) is 0 Å². The van der Waals surface area contributed by atoms with Crippen LogP contribution in [0, 0.1) is 0 Å². The molecule has 1 aromatic carbocycles. The summed E-state index contributed by atoms with van der Waals surface area (Å²) < 4.78 is 0. The van der Waals surface area contributed by atoms with E-state index in [1.165, 1.54) is 0 Å². The predicted octanol–water partition coefficient (Wildman–Crippen LogP) is 0.551. The fraction of sp³-hybridized carbons (Fsp3) is 0.273. The molecule has 0 radical (unpaired) electrons. The highest BCUT2D eigenvalue weighted by molar-refractivity contribution is 6.07. The van der Waals surface area contributed by atoms with Gasteiger partial charge in [0.15, 0.2) is 5.60 Å². The van der Waals surface area contributed by atoms with E-state index in [1.807, 2.05) is 0 Å². The summed E-state index contributed by atoms with van der Waals surface area (Å²) in [5.74, 6) is 4.69. The topological polar surface area (TPSA) is 87.7 Å². The molecule has 5 heteroatoms. The van der Waals surface area contributed by atoms with Crippen LogP contribution >= 0.6 is 0 Å². The monoisotopic (exact) mass is 219 g/mol. The van der Waals surface area contributed by atoms with E-state index < -0.39 is 11.5 Å². The Balaban J connectivity index is 2.44. The zero-order chi connectivity index (χ0) is 11.8. The van der Waals surface area contributed by atoms with Gasteiger partial charge in [-0.15, -0.1) is 0 Å². The first-order valence-electron chi connectivity index (χ1n) is 4.94. The second-order valence-electron chi connectivity index (χ2n) is 3.90. The third-order valence-corrected chi connectivity index (χ3v) is 2.73. The van der Waals surface area contributed by atoms with Gasteiger partial charge in [0.25, 0.3) is 5.91 Å². The Bertz CT molecular complexity index is 470. The zero-order valence-electron chi connectivity index (χ0n) is 8.90. The molecule has 1 heterocycles. The van der Waals surface area contributed by atoms with Crippen LogP contribution in [-0.2, 0) is 10.4 Å². The Kier molecular flexibility index (Phi) is 2.40. The number of rotatable bonds is 2. The minimum absolute atomic E-state index is 0.104. The van der Waals surface area contributed by atoms with Crippen molar-refractivity contribution in [2.24, 2.45) is 10.9 Å². The molecule has 16 heavy (non-hydrogen) atoms. The lowest BCUT2D eigenvalue weighted by Crippen LogP contribution is -2.36. The molecule has 5 nitrogen and oxygen atoms in total. The van der Waals surface area contributed by atoms with Gasteiger partial charge in [0.1, 0.15) is 0 Å². The van der Waals surface area contributed by atoms with E-state index in [4.69, 9.17) is 5.84 Å².